The van der Waals surface area contributed by atoms with Crippen molar-refractivity contribution in [2.45, 2.75) is 52.1 Å². The zero-order valence-corrected chi connectivity index (χ0v) is 22.2. The predicted octanol–water partition coefficient (Wildman–Crippen LogP) is 3.06. The SMILES string of the molecule is CC[C@@H](C)NC(=O)[C@@H](CC)N(CCc1ccccc1)C(=O)CN(c1ccccc1)S(=O)(=O)N(C)C. The number of nitrogens with one attached hydrogen (secondary N) is 1. The van der Waals surface area contributed by atoms with Crippen molar-refractivity contribution in [2.75, 3.05) is 31.5 Å². The van der Waals surface area contributed by atoms with Gasteiger partial charge in [-0.2, -0.15) is 12.7 Å². The Kier molecular flexibility index (Phi) is 10.7. The molecule has 2 rings (SSSR count). The van der Waals surface area contributed by atoms with Gasteiger partial charge in [0.1, 0.15) is 12.6 Å². The van der Waals surface area contributed by atoms with Crippen molar-refractivity contribution in [3.8, 4) is 0 Å². The fourth-order valence-corrected chi connectivity index (χ4v) is 4.70. The van der Waals surface area contributed by atoms with Crippen molar-refractivity contribution in [1.29, 1.82) is 0 Å². The highest BCUT2D eigenvalue weighted by Gasteiger charge is 2.33. The largest absolute Gasteiger partial charge is 0.352 e. The molecule has 192 valence electrons. The lowest BCUT2D eigenvalue weighted by atomic mass is 10.1. The number of nitrogens with zero attached hydrogens (tertiary/aromatic N) is 3. The number of hydrogen-bond donors (Lipinski definition) is 1. The van der Waals surface area contributed by atoms with E-state index in [9.17, 15) is 18.0 Å². The van der Waals surface area contributed by atoms with E-state index in [0.29, 0.717) is 25.1 Å². The zero-order valence-electron chi connectivity index (χ0n) is 21.3. The van der Waals surface area contributed by atoms with Crippen LogP contribution in [0.3, 0.4) is 0 Å². The summed E-state index contributed by atoms with van der Waals surface area (Å²) in [4.78, 5) is 28.3. The number of anilines is 1. The highest BCUT2D eigenvalue weighted by molar-refractivity contribution is 7.90. The van der Waals surface area contributed by atoms with Gasteiger partial charge in [0.05, 0.1) is 5.69 Å². The minimum Gasteiger partial charge on any atom is -0.352 e. The first-order valence-corrected chi connectivity index (χ1v) is 13.4. The van der Waals surface area contributed by atoms with Crippen LogP contribution in [0.5, 0.6) is 0 Å². The lowest BCUT2D eigenvalue weighted by Gasteiger charge is -2.34. The van der Waals surface area contributed by atoms with Crippen LogP contribution in [0.4, 0.5) is 5.69 Å². The Morgan fingerprint density at radius 2 is 1.49 bits per heavy atom. The molecule has 0 radical (unpaired) electrons. The molecule has 0 unspecified atom stereocenters. The molecule has 2 amide bonds. The Morgan fingerprint density at radius 3 is 2.00 bits per heavy atom. The van der Waals surface area contributed by atoms with Gasteiger partial charge in [0.25, 0.3) is 0 Å². The molecule has 0 bridgehead atoms. The van der Waals surface area contributed by atoms with E-state index in [1.165, 1.54) is 19.0 Å². The summed E-state index contributed by atoms with van der Waals surface area (Å²) in [6, 6.07) is 17.5. The summed E-state index contributed by atoms with van der Waals surface area (Å²) in [5.41, 5.74) is 1.41. The zero-order chi connectivity index (χ0) is 26.0. The van der Waals surface area contributed by atoms with Crippen molar-refractivity contribution >= 4 is 27.7 Å². The van der Waals surface area contributed by atoms with Gasteiger partial charge < -0.3 is 10.2 Å². The summed E-state index contributed by atoms with van der Waals surface area (Å²) in [5, 5.41) is 2.97. The first-order valence-electron chi connectivity index (χ1n) is 12.0. The summed E-state index contributed by atoms with van der Waals surface area (Å²) in [5.74, 6) is -0.661. The molecule has 0 aliphatic carbocycles. The van der Waals surface area contributed by atoms with Crippen LogP contribution >= 0.6 is 0 Å². The van der Waals surface area contributed by atoms with Gasteiger partial charge in [-0.15, -0.1) is 0 Å². The van der Waals surface area contributed by atoms with Gasteiger partial charge in [0.2, 0.25) is 11.8 Å². The lowest BCUT2D eigenvalue weighted by Crippen LogP contribution is -2.55. The highest BCUT2D eigenvalue weighted by Crippen LogP contribution is 2.20. The monoisotopic (exact) mass is 502 g/mol. The molecule has 0 saturated carbocycles. The van der Waals surface area contributed by atoms with Crippen molar-refractivity contribution in [3.05, 3.63) is 66.2 Å². The smallest absolute Gasteiger partial charge is 0.304 e. The molecule has 0 aliphatic heterocycles. The summed E-state index contributed by atoms with van der Waals surface area (Å²) < 4.78 is 28.4. The Hall–Kier alpha value is -2.91. The second kappa shape index (κ2) is 13.3. The molecule has 0 spiro atoms. The van der Waals surface area contributed by atoms with Gasteiger partial charge in [-0.1, -0.05) is 62.4 Å². The van der Waals surface area contributed by atoms with Crippen LogP contribution in [0.25, 0.3) is 0 Å². The van der Waals surface area contributed by atoms with Gasteiger partial charge in [-0.3, -0.25) is 9.59 Å². The molecule has 0 saturated heterocycles. The van der Waals surface area contributed by atoms with Crippen LogP contribution in [-0.2, 0) is 26.2 Å². The van der Waals surface area contributed by atoms with E-state index in [-0.39, 0.29) is 11.9 Å². The maximum Gasteiger partial charge on any atom is 0.304 e. The first kappa shape index (κ1) is 28.3. The van der Waals surface area contributed by atoms with E-state index in [0.717, 1.165) is 20.6 Å². The first-order chi connectivity index (χ1) is 16.6. The fraction of sp³-hybridized carbons (Fsp3) is 0.462. The summed E-state index contributed by atoms with van der Waals surface area (Å²) in [6.45, 7) is 5.64. The standard InChI is InChI=1S/C26H38N4O4S/c1-6-21(3)27-26(32)24(7-2)29(19-18-22-14-10-8-11-15-22)25(31)20-30(35(33,34)28(4)5)23-16-12-9-13-17-23/h8-17,21,24H,6-7,18-20H2,1-5H3,(H,27,32)/t21-,24-/m1/s1. The van der Waals surface area contributed by atoms with Crippen LogP contribution in [0, 0.1) is 0 Å². The maximum absolute atomic E-state index is 13.7. The highest BCUT2D eigenvalue weighted by atomic mass is 32.2. The van der Waals surface area contributed by atoms with Gasteiger partial charge in [-0.25, -0.2) is 4.31 Å². The third-order valence-corrected chi connectivity index (χ3v) is 7.75. The molecule has 9 heteroatoms. The Morgan fingerprint density at radius 1 is 0.914 bits per heavy atom. The molecule has 2 atom stereocenters. The minimum absolute atomic E-state index is 0.0300. The van der Waals surface area contributed by atoms with E-state index in [2.05, 4.69) is 5.32 Å². The third-order valence-electron chi connectivity index (χ3n) is 5.93. The van der Waals surface area contributed by atoms with E-state index in [1.54, 1.807) is 30.3 Å². The average molecular weight is 503 g/mol. The number of carbonyl (C=O) groups excluding carboxylic acids is 2. The summed E-state index contributed by atoms with van der Waals surface area (Å²) in [7, 11) is -1.09. The molecule has 0 fully saturated rings. The second-order valence-corrected chi connectivity index (χ2v) is 10.8. The summed E-state index contributed by atoms with van der Waals surface area (Å²) >= 11 is 0. The van der Waals surface area contributed by atoms with Gasteiger partial charge in [0, 0.05) is 26.7 Å². The Bertz CT molecular complexity index is 1050. The van der Waals surface area contributed by atoms with Crippen molar-refractivity contribution in [2.24, 2.45) is 0 Å². The molecule has 35 heavy (non-hydrogen) atoms. The van der Waals surface area contributed by atoms with Gasteiger partial charge in [0.15, 0.2) is 0 Å². The molecule has 2 aromatic carbocycles. The molecule has 1 N–H and O–H groups in total. The summed E-state index contributed by atoms with van der Waals surface area (Å²) in [6.07, 6.45) is 1.73. The quantitative estimate of drug-likeness (QED) is 0.456. The van der Waals surface area contributed by atoms with Crippen LogP contribution in [0.1, 0.15) is 39.2 Å². The molecule has 8 nitrogen and oxygen atoms in total. The van der Waals surface area contributed by atoms with Crippen molar-refractivity contribution in [3.63, 3.8) is 0 Å². The lowest BCUT2D eigenvalue weighted by molar-refractivity contribution is -0.139. The van der Waals surface area contributed by atoms with E-state index >= 15 is 0 Å². The van der Waals surface area contributed by atoms with Crippen LogP contribution < -0.4 is 9.62 Å². The average Bonchev–Trinajstić information content (AvgIpc) is 2.85. The van der Waals surface area contributed by atoms with Gasteiger partial charge in [-0.05, 0) is 43.9 Å². The van der Waals surface area contributed by atoms with Crippen molar-refractivity contribution < 1.29 is 18.0 Å². The normalized spacial score (nSPS) is 13.2. The Balaban J connectivity index is 2.39. The molecular formula is C26H38N4O4S. The third kappa shape index (κ3) is 7.80. The second-order valence-electron chi connectivity index (χ2n) is 8.70. The molecule has 0 aliphatic rings. The minimum atomic E-state index is -3.94. The molecule has 0 heterocycles. The fourth-order valence-electron chi connectivity index (χ4n) is 3.65. The molecule has 0 aromatic heterocycles. The van der Waals surface area contributed by atoms with E-state index in [4.69, 9.17) is 0 Å². The number of hydrogen-bond acceptors (Lipinski definition) is 4. The van der Waals surface area contributed by atoms with Gasteiger partial charge >= 0.3 is 10.2 Å². The van der Waals surface area contributed by atoms with E-state index < -0.39 is 28.7 Å². The molecular weight excluding hydrogens is 464 g/mol. The number of benzene rings is 2. The number of carbonyl (C=O) groups is 2. The van der Waals surface area contributed by atoms with Crippen molar-refractivity contribution in [1.82, 2.24) is 14.5 Å². The predicted molar refractivity (Wildman–Crippen MR) is 140 cm³/mol. The molecule has 2 aromatic rings. The van der Waals surface area contributed by atoms with Crippen LogP contribution in [-0.4, -0.2) is 68.7 Å². The van der Waals surface area contributed by atoms with E-state index in [1.807, 2.05) is 51.1 Å². The number of rotatable bonds is 13. The van der Waals surface area contributed by atoms with Crippen LogP contribution in [0.2, 0.25) is 0 Å². The maximum atomic E-state index is 13.7. The number of amides is 2. The topological polar surface area (TPSA) is 90.0 Å². The number of para-hydroxylation sites is 1. The van der Waals surface area contributed by atoms with Crippen LogP contribution in [0.15, 0.2) is 60.7 Å². The Labute approximate surface area is 210 Å².